The maximum atomic E-state index is 13.6. The van der Waals surface area contributed by atoms with E-state index in [-0.39, 0.29) is 30.7 Å². The summed E-state index contributed by atoms with van der Waals surface area (Å²) in [6, 6.07) is 7.15. The van der Waals surface area contributed by atoms with Gasteiger partial charge in [-0.1, -0.05) is 18.2 Å². The Hall–Kier alpha value is -2.21. The molecule has 3 N–H and O–H groups in total. The van der Waals surface area contributed by atoms with E-state index in [0.29, 0.717) is 0 Å². The summed E-state index contributed by atoms with van der Waals surface area (Å²) in [5.74, 6) is -1.28. The van der Waals surface area contributed by atoms with Gasteiger partial charge in [0.1, 0.15) is 23.3 Å². The molecule has 0 aliphatic carbocycles. The van der Waals surface area contributed by atoms with Crippen molar-refractivity contribution in [3.8, 4) is 5.75 Å². The second-order valence-corrected chi connectivity index (χ2v) is 11.4. The normalized spacial score (nSPS) is 27.1. The third-order valence-corrected chi connectivity index (χ3v) is 8.27. The van der Waals surface area contributed by atoms with Crippen LogP contribution in [0.25, 0.3) is 0 Å². The number of esters is 1. The quantitative estimate of drug-likeness (QED) is 0.231. The number of aliphatic hydroxyl groups excluding tert-OH is 2. The van der Waals surface area contributed by atoms with Crippen molar-refractivity contribution in [2.24, 2.45) is 0 Å². The summed E-state index contributed by atoms with van der Waals surface area (Å²) in [5.41, 5.74) is 0. The van der Waals surface area contributed by atoms with Crippen LogP contribution < -0.4 is 9.61 Å². The van der Waals surface area contributed by atoms with Crippen LogP contribution in [0.1, 0.15) is 27.2 Å². The number of hydrogen-bond donors (Lipinski definition) is 3. The molecule has 1 fully saturated rings. The number of ether oxygens (including phenoxy) is 1. The molecule has 0 radical (unpaired) electrons. The van der Waals surface area contributed by atoms with Crippen molar-refractivity contribution in [3.63, 3.8) is 0 Å². The first-order valence-electron chi connectivity index (χ1n) is 11.0. The van der Waals surface area contributed by atoms with Crippen LogP contribution in [0.4, 0.5) is 0 Å². The number of benzene rings is 1. The average Bonchev–Trinajstić information content (AvgIpc) is 3.06. The molecule has 11 nitrogen and oxygen atoms in total. The summed E-state index contributed by atoms with van der Waals surface area (Å²) in [7, 11) is -4.16. The Morgan fingerprint density at radius 3 is 2.51 bits per heavy atom. The van der Waals surface area contributed by atoms with Crippen LogP contribution in [0, 0.1) is 0 Å². The molecule has 0 aromatic heterocycles. The van der Waals surface area contributed by atoms with Gasteiger partial charge in [-0.25, -0.2) is 4.57 Å². The first-order valence-corrected chi connectivity index (χ1v) is 13.5. The Labute approximate surface area is 207 Å². The molecule has 1 aromatic rings. The number of carbonyl (C=O) groups excluding carboxylic acids is 3. The van der Waals surface area contributed by atoms with Crippen molar-refractivity contribution in [3.05, 3.63) is 42.6 Å². The monoisotopic (exact) mass is 528 g/mol. The maximum Gasteiger partial charge on any atom is 0.459 e. The van der Waals surface area contributed by atoms with Crippen LogP contribution in [-0.4, -0.2) is 74.4 Å². The lowest BCUT2D eigenvalue weighted by Gasteiger charge is -2.29. The summed E-state index contributed by atoms with van der Waals surface area (Å²) >= 11 is 1.04. The fourth-order valence-corrected chi connectivity index (χ4v) is 6.46. The average molecular weight is 529 g/mol. The summed E-state index contributed by atoms with van der Waals surface area (Å²) in [6.45, 7) is 4.47. The predicted molar refractivity (Wildman–Crippen MR) is 127 cm³/mol. The fourth-order valence-electron chi connectivity index (χ4n) is 3.38. The molecule has 1 aromatic carbocycles. The van der Waals surface area contributed by atoms with E-state index in [2.05, 4.69) is 5.09 Å². The van der Waals surface area contributed by atoms with Crippen molar-refractivity contribution >= 4 is 37.2 Å². The molecule has 1 amide bonds. The van der Waals surface area contributed by atoms with E-state index in [4.69, 9.17) is 13.8 Å². The third kappa shape index (κ3) is 7.16. The van der Waals surface area contributed by atoms with Crippen LogP contribution in [0.3, 0.4) is 0 Å². The lowest BCUT2D eigenvalue weighted by molar-refractivity contribution is -0.149. The van der Waals surface area contributed by atoms with E-state index in [1.807, 2.05) is 0 Å². The highest BCUT2D eigenvalue weighted by Crippen LogP contribution is 2.47. The second kappa shape index (κ2) is 11.7. The Morgan fingerprint density at radius 1 is 1.20 bits per heavy atom. The summed E-state index contributed by atoms with van der Waals surface area (Å²) < 4.78 is 29.9. The molecule has 0 unspecified atom stereocenters. The largest absolute Gasteiger partial charge is 0.462 e. The standard InChI is InChI=1S/C22H29N2O9PS/c1-13(2)32-22(29)14(3)23-34(30,33-16-7-5-4-6-8-16)31-12-17-19(27)20(28)21(35-17)24-10-9-15(25)11-18(24)26/h4-10,13-14,17,19-21,27-28H,11-12H2,1-3H3,(H,23,30)/t14-,17+,19+,20+,21+,34-/m0/s1. The summed E-state index contributed by atoms with van der Waals surface area (Å²) in [4.78, 5) is 37.1. The van der Waals surface area contributed by atoms with Gasteiger partial charge >= 0.3 is 13.7 Å². The number of para-hydroxylation sites is 1. The highest BCUT2D eigenvalue weighted by molar-refractivity contribution is 8.00. The zero-order valence-electron chi connectivity index (χ0n) is 19.5. The maximum absolute atomic E-state index is 13.6. The van der Waals surface area contributed by atoms with E-state index >= 15 is 0 Å². The zero-order valence-corrected chi connectivity index (χ0v) is 21.2. The zero-order chi connectivity index (χ0) is 25.8. The second-order valence-electron chi connectivity index (χ2n) is 8.34. The minimum Gasteiger partial charge on any atom is -0.462 e. The molecule has 0 bridgehead atoms. The van der Waals surface area contributed by atoms with E-state index in [1.165, 1.54) is 24.1 Å². The highest BCUT2D eigenvalue weighted by Gasteiger charge is 2.47. The van der Waals surface area contributed by atoms with Gasteiger partial charge in [0, 0.05) is 6.20 Å². The van der Waals surface area contributed by atoms with Crippen molar-refractivity contribution < 1.29 is 42.9 Å². The van der Waals surface area contributed by atoms with E-state index in [9.17, 15) is 29.2 Å². The van der Waals surface area contributed by atoms with Gasteiger partial charge in [0.05, 0.1) is 30.5 Å². The highest BCUT2D eigenvalue weighted by atomic mass is 32.2. The molecule has 35 heavy (non-hydrogen) atoms. The lowest BCUT2D eigenvalue weighted by Crippen LogP contribution is -2.44. The van der Waals surface area contributed by atoms with E-state index < -0.39 is 48.5 Å². The molecular weight excluding hydrogens is 499 g/mol. The molecule has 2 heterocycles. The molecule has 3 rings (SSSR count). The number of amides is 1. The van der Waals surface area contributed by atoms with E-state index in [0.717, 1.165) is 11.8 Å². The number of carbonyl (C=O) groups is 3. The van der Waals surface area contributed by atoms with Crippen LogP contribution in [0.15, 0.2) is 42.6 Å². The molecule has 0 spiro atoms. The number of rotatable bonds is 10. The number of nitrogens with one attached hydrogen (secondary N) is 1. The van der Waals surface area contributed by atoms with E-state index in [1.54, 1.807) is 44.2 Å². The van der Waals surface area contributed by atoms with Crippen molar-refractivity contribution in [2.75, 3.05) is 6.61 Å². The van der Waals surface area contributed by atoms with Crippen molar-refractivity contribution in [2.45, 2.75) is 62.2 Å². The smallest absolute Gasteiger partial charge is 0.459 e. The number of thioether (sulfide) groups is 1. The van der Waals surface area contributed by atoms with Gasteiger partial charge in [-0.05, 0) is 39.0 Å². The van der Waals surface area contributed by atoms with Crippen LogP contribution >= 0.6 is 19.5 Å². The van der Waals surface area contributed by atoms with Crippen LogP contribution in [0.5, 0.6) is 5.75 Å². The minimum absolute atomic E-state index is 0.221. The van der Waals surface area contributed by atoms with Gasteiger partial charge in [-0.2, -0.15) is 5.09 Å². The minimum atomic E-state index is -4.16. The number of ketones is 1. The van der Waals surface area contributed by atoms with Crippen molar-refractivity contribution in [1.29, 1.82) is 0 Å². The number of hydrogen-bond acceptors (Lipinski definition) is 10. The predicted octanol–water partition coefficient (Wildman–Crippen LogP) is 1.60. The molecule has 6 atom stereocenters. The first-order chi connectivity index (χ1) is 16.5. The SMILES string of the molecule is CC(C)OC(=O)[C@H](C)N[P@](=O)(OC[C@H]1S[C@@H](N2C=CC(=O)CC2=O)[C@H](O)[C@@H]1O)Oc1ccccc1. The summed E-state index contributed by atoms with van der Waals surface area (Å²) in [5, 5.41) is 22.0. The van der Waals surface area contributed by atoms with Gasteiger partial charge < -0.3 is 24.4 Å². The van der Waals surface area contributed by atoms with Gasteiger partial charge in [-0.15, -0.1) is 11.8 Å². The molecule has 13 heteroatoms. The fraction of sp³-hybridized carbons (Fsp3) is 0.500. The van der Waals surface area contributed by atoms with Crippen molar-refractivity contribution in [1.82, 2.24) is 9.99 Å². The lowest BCUT2D eigenvalue weighted by atomic mass is 10.1. The Kier molecular flexibility index (Phi) is 9.14. The van der Waals surface area contributed by atoms with Gasteiger partial charge in [0.25, 0.3) is 0 Å². The first kappa shape index (κ1) is 27.4. The Morgan fingerprint density at radius 2 is 1.89 bits per heavy atom. The van der Waals surface area contributed by atoms with Gasteiger partial charge in [0.2, 0.25) is 5.91 Å². The molecule has 2 aliphatic heterocycles. The molecular formula is C22H29N2O9PS. The molecule has 192 valence electrons. The van der Waals surface area contributed by atoms with Gasteiger partial charge in [0.15, 0.2) is 5.78 Å². The number of nitrogens with zero attached hydrogens (tertiary/aromatic N) is 1. The van der Waals surface area contributed by atoms with Gasteiger partial charge in [-0.3, -0.25) is 18.9 Å². The Bertz CT molecular complexity index is 1010. The topological polar surface area (TPSA) is 152 Å². The molecule has 1 saturated heterocycles. The van der Waals surface area contributed by atoms with Crippen LogP contribution in [-0.2, 0) is 28.2 Å². The van der Waals surface area contributed by atoms with Crippen LogP contribution in [0.2, 0.25) is 0 Å². The summed E-state index contributed by atoms with van der Waals surface area (Å²) in [6.07, 6.45) is -0.861. The molecule has 2 aliphatic rings. The number of aliphatic hydroxyl groups is 2. The Balaban J connectivity index is 1.72. The molecule has 0 saturated carbocycles. The number of allylic oxidation sites excluding steroid dienone is 1. The third-order valence-electron chi connectivity index (χ3n) is 5.08.